The molecule has 142 valence electrons. The van der Waals surface area contributed by atoms with Gasteiger partial charge in [0.25, 0.3) is 0 Å². The molecule has 27 heavy (non-hydrogen) atoms. The zero-order chi connectivity index (χ0) is 19.0. The van der Waals surface area contributed by atoms with E-state index in [1.54, 1.807) is 12.1 Å². The standard InChI is InChI=1S/C20H22Cl2N4O/c1-11(4-3-5-13-6-7-13)23-20-19-18(24-12(2)25-20)17(26-27-19)15-9-8-14(21)10-16(15)22/h8-11,13H,3-7H2,1-2H3,(H,23,24,25). The van der Waals surface area contributed by atoms with Gasteiger partial charge in [-0.15, -0.1) is 0 Å². The number of fused-ring (bicyclic) bond motifs is 1. The Kier molecular flexibility index (Phi) is 5.24. The lowest BCUT2D eigenvalue weighted by Crippen LogP contribution is -2.16. The van der Waals surface area contributed by atoms with E-state index in [4.69, 9.17) is 27.7 Å². The van der Waals surface area contributed by atoms with Crippen LogP contribution in [0.25, 0.3) is 22.4 Å². The average molecular weight is 405 g/mol. The molecule has 0 aliphatic heterocycles. The first kappa shape index (κ1) is 18.5. The molecular weight excluding hydrogens is 383 g/mol. The molecule has 1 aromatic carbocycles. The van der Waals surface area contributed by atoms with Gasteiger partial charge in [-0.1, -0.05) is 54.0 Å². The van der Waals surface area contributed by atoms with Crippen LogP contribution in [0.3, 0.4) is 0 Å². The number of nitrogens with zero attached hydrogens (tertiary/aromatic N) is 3. The van der Waals surface area contributed by atoms with E-state index in [0.29, 0.717) is 44.5 Å². The van der Waals surface area contributed by atoms with Crippen LogP contribution in [0.5, 0.6) is 0 Å². The SMILES string of the molecule is Cc1nc(NC(C)CCCC2CC2)c2onc(-c3ccc(Cl)cc3Cl)c2n1. The minimum Gasteiger partial charge on any atom is -0.364 e. The maximum atomic E-state index is 6.35. The lowest BCUT2D eigenvalue weighted by atomic mass is 10.1. The summed E-state index contributed by atoms with van der Waals surface area (Å²) in [5, 5.41) is 8.77. The third-order valence-corrected chi connectivity index (χ3v) is 5.49. The fourth-order valence-electron chi connectivity index (χ4n) is 3.32. The lowest BCUT2D eigenvalue weighted by molar-refractivity contribution is 0.458. The Bertz CT molecular complexity index is 968. The fourth-order valence-corrected chi connectivity index (χ4v) is 3.82. The van der Waals surface area contributed by atoms with Crippen LogP contribution >= 0.6 is 23.2 Å². The Balaban J connectivity index is 1.61. The van der Waals surface area contributed by atoms with Crippen LogP contribution in [-0.4, -0.2) is 21.2 Å². The summed E-state index contributed by atoms with van der Waals surface area (Å²) in [4.78, 5) is 9.07. The van der Waals surface area contributed by atoms with Crippen molar-refractivity contribution in [2.24, 2.45) is 5.92 Å². The van der Waals surface area contributed by atoms with Crippen LogP contribution in [0.1, 0.15) is 44.9 Å². The van der Waals surface area contributed by atoms with E-state index in [1.807, 2.05) is 13.0 Å². The van der Waals surface area contributed by atoms with E-state index in [-0.39, 0.29) is 0 Å². The number of hydrogen-bond acceptors (Lipinski definition) is 5. The summed E-state index contributed by atoms with van der Waals surface area (Å²) in [6, 6.07) is 5.59. The molecule has 1 aliphatic carbocycles. The van der Waals surface area contributed by atoms with Crippen molar-refractivity contribution >= 4 is 40.1 Å². The van der Waals surface area contributed by atoms with Gasteiger partial charge < -0.3 is 9.84 Å². The molecule has 1 N–H and O–H groups in total. The summed E-state index contributed by atoms with van der Waals surface area (Å²) < 4.78 is 5.60. The van der Waals surface area contributed by atoms with Crippen molar-refractivity contribution in [1.82, 2.24) is 15.1 Å². The fraction of sp³-hybridized carbons (Fsp3) is 0.450. The molecule has 1 saturated carbocycles. The van der Waals surface area contributed by atoms with Gasteiger partial charge >= 0.3 is 0 Å². The van der Waals surface area contributed by atoms with Crippen LogP contribution in [0.15, 0.2) is 22.7 Å². The lowest BCUT2D eigenvalue weighted by Gasteiger charge is -2.14. The van der Waals surface area contributed by atoms with Crippen molar-refractivity contribution in [2.75, 3.05) is 5.32 Å². The second-order valence-electron chi connectivity index (χ2n) is 7.37. The summed E-state index contributed by atoms with van der Waals surface area (Å²) in [6.45, 7) is 4.03. The number of halogens is 2. The zero-order valence-electron chi connectivity index (χ0n) is 15.4. The average Bonchev–Trinajstić information content (AvgIpc) is 3.33. The molecule has 7 heteroatoms. The minimum absolute atomic E-state index is 0.300. The molecule has 3 aromatic rings. The van der Waals surface area contributed by atoms with Gasteiger partial charge in [-0.05, 0) is 44.4 Å². The summed E-state index contributed by atoms with van der Waals surface area (Å²) in [5.41, 5.74) is 2.54. The number of hydrogen-bond donors (Lipinski definition) is 1. The van der Waals surface area contributed by atoms with Crippen molar-refractivity contribution in [3.63, 3.8) is 0 Å². The summed E-state index contributed by atoms with van der Waals surface area (Å²) in [5.74, 6) is 2.30. The smallest absolute Gasteiger partial charge is 0.228 e. The first-order valence-corrected chi connectivity index (χ1v) is 10.1. The first-order chi connectivity index (χ1) is 13.0. The highest BCUT2D eigenvalue weighted by molar-refractivity contribution is 6.36. The molecule has 0 amide bonds. The largest absolute Gasteiger partial charge is 0.364 e. The van der Waals surface area contributed by atoms with Crippen LogP contribution < -0.4 is 5.32 Å². The number of aromatic nitrogens is 3. The summed E-state index contributed by atoms with van der Waals surface area (Å²) in [7, 11) is 0. The van der Waals surface area contributed by atoms with Crippen molar-refractivity contribution < 1.29 is 4.52 Å². The number of nitrogens with one attached hydrogen (secondary N) is 1. The van der Waals surface area contributed by atoms with Gasteiger partial charge in [0.2, 0.25) is 5.58 Å². The topological polar surface area (TPSA) is 63.8 Å². The molecule has 1 aliphatic rings. The molecule has 2 aromatic heterocycles. The van der Waals surface area contributed by atoms with Gasteiger partial charge in [0.05, 0.1) is 5.02 Å². The van der Waals surface area contributed by atoms with Gasteiger partial charge in [0, 0.05) is 16.6 Å². The maximum Gasteiger partial charge on any atom is 0.228 e. The quantitative estimate of drug-likeness (QED) is 0.501. The van der Waals surface area contributed by atoms with Gasteiger partial charge in [-0.2, -0.15) is 0 Å². The van der Waals surface area contributed by atoms with Crippen LogP contribution in [0.2, 0.25) is 10.0 Å². The molecule has 4 rings (SSSR count). The Morgan fingerprint density at radius 2 is 2.07 bits per heavy atom. The van der Waals surface area contributed by atoms with E-state index in [9.17, 15) is 0 Å². The van der Waals surface area contributed by atoms with E-state index in [0.717, 1.165) is 17.9 Å². The molecular formula is C20H22Cl2N4O. The Morgan fingerprint density at radius 1 is 1.26 bits per heavy atom. The van der Waals surface area contributed by atoms with Gasteiger partial charge in [0.1, 0.15) is 17.0 Å². The molecule has 1 atom stereocenters. The molecule has 2 heterocycles. The number of anilines is 1. The second kappa shape index (κ2) is 7.64. The predicted molar refractivity (Wildman–Crippen MR) is 109 cm³/mol. The first-order valence-electron chi connectivity index (χ1n) is 9.37. The number of rotatable bonds is 7. The Morgan fingerprint density at radius 3 is 2.81 bits per heavy atom. The highest BCUT2D eigenvalue weighted by atomic mass is 35.5. The van der Waals surface area contributed by atoms with E-state index in [2.05, 4.69) is 27.4 Å². The highest BCUT2D eigenvalue weighted by Crippen LogP contribution is 2.36. The van der Waals surface area contributed by atoms with Crippen LogP contribution in [0, 0.1) is 12.8 Å². The van der Waals surface area contributed by atoms with Gasteiger partial charge in [0.15, 0.2) is 5.82 Å². The molecule has 1 fully saturated rings. The molecule has 0 spiro atoms. The molecule has 5 nitrogen and oxygen atoms in total. The second-order valence-corrected chi connectivity index (χ2v) is 8.22. The van der Waals surface area contributed by atoms with Crippen LogP contribution in [0.4, 0.5) is 5.82 Å². The van der Waals surface area contributed by atoms with Gasteiger partial charge in [-0.25, -0.2) is 9.97 Å². The van der Waals surface area contributed by atoms with Gasteiger partial charge in [-0.3, -0.25) is 0 Å². The summed E-state index contributed by atoms with van der Waals surface area (Å²) in [6.07, 6.45) is 6.47. The van der Waals surface area contributed by atoms with Crippen molar-refractivity contribution in [2.45, 2.75) is 52.0 Å². The summed E-state index contributed by atoms with van der Waals surface area (Å²) >= 11 is 12.4. The normalized spacial score (nSPS) is 15.3. The van der Waals surface area contributed by atoms with Crippen molar-refractivity contribution in [3.8, 4) is 11.3 Å². The molecule has 0 saturated heterocycles. The monoisotopic (exact) mass is 404 g/mol. The Hall–Kier alpha value is -1.85. The molecule has 0 radical (unpaired) electrons. The van der Waals surface area contributed by atoms with E-state index >= 15 is 0 Å². The third kappa shape index (κ3) is 4.19. The number of benzene rings is 1. The van der Waals surface area contributed by atoms with Crippen molar-refractivity contribution in [3.05, 3.63) is 34.1 Å². The maximum absolute atomic E-state index is 6.35. The Labute approximate surface area is 168 Å². The van der Waals surface area contributed by atoms with Crippen LogP contribution in [-0.2, 0) is 0 Å². The third-order valence-electron chi connectivity index (χ3n) is 4.95. The molecule has 1 unspecified atom stereocenters. The highest BCUT2D eigenvalue weighted by Gasteiger charge is 2.22. The zero-order valence-corrected chi connectivity index (χ0v) is 16.9. The van der Waals surface area contributed by atoms with Crippen molar-refractivity contribution in [1.29, 1.82) is 0 Å². The minimum atomic E-state index is 0.300. The molecule has 0 bridgehead atoms. The predicted octanol–water partition coefficient (Wildman–Crippen LogP) is 6.28. The van der Waals surface area contributed by atoms with E-state index < -0.39 is 0 Å². The van der Waals surface area contributed by atoms with E-state index in [1.165, 1.54) is 25.7 Å². The number of aryl methyl sites for hydroxylation is 1.